The van der Waals surface area contributed by atoms with Crippen LogP contribution in [0.15, 0.2) is 72.8 Å². The Morgan fingerprint density at radius 1 is 0.567 bits per heavy atom. The number of carbonyl (C=O) groups excluding carboxylic acids is 1. The van der Waals surface area contributed by atoms with Crippen molar-refractivity contribution in [1.29, 1.82) is 0 Å². The Kier molecular flexibility index (Phi) is 19.2. The number of aryl methyl sites for hydroxylation is 4. The van der Waals surface area contributed by atoms with Crippen molar-refractivity contribution < 1.29 is 29.6 Å². The molecule has 0 atom stereocenters. The smallest absolute Gasteiger partial charge is 0.305 e. The lowest BCUT2D eigenvalue weighted by molar-refractivity contribution is -0.143. The Hall–Kier alpha value is -5.01. The predicted octanol–water partition coefficient (Wildman–Crippen LogP) is 13.7. The highest BCUT2D eigenvalue weighted by Crippen LogP contribution is 2.42. The fourth-order valence-corrected chi connectivity index (χ4v) is 10.4. The lowest BCUT2D eigenvalue weighted by atomic mass is 9.70. The first-order valence-corrected chi connectivity index (χ1v) is 25.5. The van der Waals surface area contributed by atoms with Crippen molar-refractivity contribution in [2.45, 2.75) is 193 Å². The third-order valence-corrected chi connectivity index (χ3v) is 15.0. The van der Waals surface area contributed by atoms with E-state index in [0.29, 0.717) is 25.4 Å². The molecule has 0 amide bonds. The van der Waals surface area contributed by atoms with Crippen LogP contribution in [0.2, 0.25) is 0 Å². The van der Waals surface area contributed by atoms with Crippen molar-refractivity contribution in [1.82, 2.24) is 0 Å². The van der Waals surface area contributed by atoms with Crippen LogP contribution in [0.25, 0.3) is 0 Å². The van der Waals surface area contributed by atoms with Gasteiger partial charge in [0, 0.05) is 28.4 Å². The Balaban J connectivity index is 0.000000260. The number of phenols is 1. The number of unbranched alkanes of at least 4 members (excludes halogenated alkanes) is 1. The van der Waals surface area contributed by atoms with E-state index in [9.17, 15) is 20.1 Å². The van der Waals surface area contributed by atoms with E-state index < -0.39 is 11.2 Å². The zero-order valence-corrected chi connectivity index (χ0v) is 42.4. The molecule has 6 rings (SSSR count). The number of aliphatic hydroxyl groups is 2. The van der Waals surface area contributed by atoms with E-state index in [1.807, 2.05) is 19.9 Å². The molecular weight excluding hydrogens is 829 g/mol. The lowest BCUT2D eigenvalue weighted by Crippen LogP contribution is -2.29. The van der Waals surface area contributed by atoms with E-state index in [2.05, 4.69) is 139 Å². The molecule has 0 spiro atoms. The molecular formula is C61H80O6. The number of phenolic OH excluding ortho intramolecular Hbond substituents is 1. The van der Waals surface area contributed by atoms with Crippen LogP contribution in [0, 0.1) is 51.4 Å². The minimum absolute atomic E-state index is 0.0866. The van der Waals surface area contributed by atoms with Gasteiger partial charge in [-0.05, 0) is 193 Å². The molecule has 0 unspecified atom stereocenters. The number of benzene rings is 4. The van der Waals surface area contributed by atoms with Crippen molar-refractivity contribution in [2.75, 3.05) is 13.2 Å². The zero-order valence-electron chi connectivity index (χ0n) is 42.4. The molecule has 4 aromatic carbocycles. The number of hydrogen-bond acceptors (Lipinski definition) is 6. The number of aromatic hydroxyl groups is 1. The van der Waals surface area contributed by atoms with Crippen LogP contribution in [0.3, 0.4) is 0 Å². The molecule has 2 fully saturated rings. The van der Waals surface area contributed by atoms with Gasteiger partial charge in [-0.25, -0.2) is 0 Å². The first-order valence-electron chi connectivity index (χ1n) is 25.5. The van der Waals surface area contributed by atoms with E-state index in [4.69, 9.17) is 9.47 Å². The van der Waals surface area contributed by atoms with Gasteiger partial charge in [-0.1, -0.05) is 113 Å². The molecule has 0 aromatic heterocycles. The summed E-state index contributed by atoms with van der Waals surface area (Å²) in [5.41, 5.74) is 9.62. The van der Waals surface area contributed by atoms with Crippen molar-refractivity contribution in [3.05, 3.63) is 128 Å². The fraction of sp³-hybridized carbons (Fsp3) is 0.525. The molecule has 2 aliphatic rings. The maximum atomic E-state index is 11.5. The van der Waals surface area contributed by atoms with E-state index in [0.717, 1.165) is 129 Å². The Bertz CT molecular complexity index is 2380. The maximum absolute atomic E-state index is 11.5. The van der Waals surface area contributed by atoms with E-state index in [-0.39, 0.29) is 16.8 Å². The van der Waals surface area contributed by atoms with Crippen molar-refractivity contribution >= 4 is 5.97 Å². The highest BCUT2D eigenvalue weighted by molar-refractivity contribution is 5.69. The van der Waals surface area contributed by atoms with Crippen LogP contribution in [-0.4, -0.2) is 45.7 Å². The summed E-state index contributed by atoms with van der Waals surface area (Å²) in [4.78, 5) is 11.5. The van der Waals surface area contributed by atoms with Gasteiger partial charge in [-0.15, -0.1) is 0 Å². The van der Waals surface area contributed by atoms with Gasteiger partial charge in [0.05, 0.1) is 13.2 Å². The van der Waals surface area contributed by atoms with Crippen LogP contribution in [0.4, 0.5) is 0 Å². The molecule has 2 aliphatic carbocycles. The Labute approximate surface area is 404 Å². The van der Waals surface area contributed by atoms with Gasteiger partial charge in [0.15, 0.2) is 0 Å². The van der Waals surface area contributed by atoms with Gasteiger partial charge < -0.3 is 24.8 Å². The molecule has 0 radical (unpaired) electrons. The summed E-state index contributed by atoms with van der Waals surface area (Å²) in [7, 11) is 0. The van der Waals surface area contributed by atoms with Gasteiger partial charge in [-0.2, -0.15) is 0 Å². The highest BCUT2D eigenvalue weighted by atomic mass is 16.5. The molecule has 6 heteroatoms. The molecule has 4 aromatic rings. The normalized spacial score (nSPS) is 15.4. The summed E-state index contributed by atoms with van der Waals surface area (Å²) in [5, 5.41) is 31.4. The number of carbonyl (C=O) groups is 1. The predicted molar refractivity (Wildman–Crippen MR) is 275 cm³/mol. The summed E-state index contributed by atoms with van der Waals surface area (Å²) < 4.78 is 11.0. The monoisotopic (exact) mass is 909 g/mol. The third-order valence-electron chi connectivity index (χ3n) is 15.0. The van der Waals surface area contributed by atoms with Crippen molar-refractivity contribution in [3.63, 3.8) is 0 Å². The van der Waals surface area contributed by atoms with Crippen molar-refractivity contribution in [3.8, 4) is 35.2 Å². The van der Waals surface area contributed by atoms with Crippen LogP contribution in [0.5, 0.6) is 11.5 Å². The topological polar surface area (TPSA) is 96.2 Å². The first kappa shape index (κ1) is 53.0. The molecule has 3 N–H and O–H groups in total. The van der Waals surface area contributed by atoms with E-state index >= 15 is 0 Å². The second-order valence-corrected chi connectivity index (χ2v) is 19.4. The molecule has 0 aliphatic heterocycles. The van der Waals surface area contributed by atoms with E-state index in [1.54, 1.807) is 0 Å². The summed E-state index contributed by atoms with van der Waals surface area (Å²) in [6, 6.07) is 25.7. The van der Waals surface area contributed by atoms with Gasteiger partial charge in [0.2, 0.25) is 0 Å². The van der Waals surface area contributed by atoms with Crippen LogP contribution in [0.1, 0.15) is 199 Å². The van der Waals surface area contributed by atoms with Crippen LogP contribution in [-0.2, 0) is 20.4 Å². The average Bonchev–Trinajstić information content (AvgIpc) is 3.32. The van der Waals surface area contributed by atoms with Crippen LogP contribution >= 0.6 is 0 Å². The lowest BCUT2D eigenvalue weighted by Gasteiger charge is -2.34. The van der Waals surface area contributed by atoms with Gasteiger partial charge >= 0.3 is 5.97 Å². The molecule has 6 nitrogen and oxygen atoms in total. The summed E-state index contributed by atoms with van der Waals surface area (Å²) in [5.74, 6) is 14.0. The number of rotatable bonds is 15. The average molecular weight is 909 g/mol. The highest BCUT2D eigenvalue weighted by Gasteiger charge is 2.33. The van der Waals surface area contributed by atoms with Crippen LogP contribution < -0.4 is 4.74 Å². The quantitative estimate of drug-likeness (QED) is 0.0625. The summed E-state index contributed by atoms with van der Waals surface area (Å²) in [6.07, 6.45) is 15.7. The van der Waals surface area contributed by atoms with Gasteiger partial charge in [0.1, 0.15) is 22.7 Å². The number of ether oxygens (including phenoxy) is 2. The van der Waals surface area contributed by atoms with Gasteiger partial charge in [-0.3, -0.25) is 4.79 Å². The Morgan fingerprint density at radius 2 is 0.985 bits per heavy atom. The molecule has 0 bridgehead atoms. The minimum atomic E-state index is -0.831. The zero-order chi connectivity index (χ0) is 48.7. The second kappa shape index (κ2) is 24.3. The van der Waals surface area contributed by atoms with E-state index in [1.165, 1.54) is 35.1 Å². The summed E-state index contributed by atoms with van der Waals surface area (Å²) in [6.45, 7) is 20.1. The standard InChI is InChI=1S/C34H46O4.C27H34O2/c1-6-34(7-2,29-16-15-28(26(4)24-29)19-22-33(36)20-11-9-12-21-33)30-17-18-31(27(5)25-30)38-23-13-10-14-32(35)37-8-3;1-5-27(6-2,24-12-13-25(28)21(4)19-24)23-11-10-22(20(3)18-23)14-17-26(29)15-8-7-9-16-26/h15-18,24-25,36H,6-14,20-21,23H2,1-5H3;10-13,18-19,28-29H,5-9,15-16H2,1-4H3. The summed E-state index contributed by atoms with van der Waals surface area (Å²) >= 11 is 0. The molecule has 0 heterocycles. The largest absolute Gasteiger partial charge is 0.508 e. The van der Waals surface area contributed by atoms with Gasteiger partial charge in [0.25, 0.3) is 0 Å². The molecule has 2 saturated carbocycles. The Morgan fingerprint density at radius 3 is 1.39 bits per heavy atom. The molecule has 360 valence electrons. The van der Waals surface area contributed by atoms with Crippen molar-refractivity contribution in [2.24, 2.45) is 0 Å². The number of hydrogen-bond donors (Lipinski definition) is 3. The maximum Gasteiger partial charge on any atom is 0.305 e. The second-order valence-electron chi connectivity index (χ2n) is 19.4. The minimum Gasteiger partial charge on any atom is -0.508 e. The fourth-order valence-electron chi connectivity index (χ4n) is 10.4. The third kappa shape index (κ3) is 13.4. The number of esters is 1. The SMILES string of the molecule is CCC(CC)(c1ccc(O)c(C)c1)c1ccc(C#CC2(O)CCCCC2)c(C)c1.CCOC(=O)CCCCOc1ccc(C(CC)(CC)c2ccc(C#CC3(O)CCCCC3)c(C)c2)cc1C. The molecule has 0 saturated heterocycles. The molecule has 67 heavy (non-hydrogen) atoms. The first-order chi connectivity index (χ1) is 32.1.